The van der Waals surface area contributed by atoms with E-state index in [4.69, 9.17) is 16.1 Å². The first-order valence-corrected chi connectivity index (χ1v) is 9.12. The smallest absolute Gasteiger partial charge is 0.259 e. The number of hydrogen-bond donors (Lipinski definition) is 1. The quantitative estimate of drug-likeness (QED) is 0.528. The zero-order valence-corrected chi connectivity index (χ0v) is 15.5. The molecule has 4 rings (SSSR count). The van der Waals surface area contributed by atoms with E-state index in [1.807, 2.05) is 47.3 Å². The van der Waals surface area contributed by atoms with Crippen LogP contribution in [0.25, 0.3) is 22.2 Å². The first kappa shape index (κ1) is 16.3. The van der Waals surface area contributed by atoms with Crippen LogP contribution in [0.4, 0.5) is 0 Å². The fraction of sp³-hybridized carbons (Fsp3) is 0.125. The molecule has 0 aliphatic heterocycles. The van der Waals surface area contributed by atoms with Crippen molar-refractivity contribution in [1.29, 1.82) is 0 Å². The SMILES string of the molecule is Cn1c(-c2cccs2)nnc1C(S)c1noc(-c2ccccc2Cl)n1. The average molecular weight is 390 g/mol. The third-order valence-corrected chi connectivity index (χ3v) is 5.34. The van der Waals surface area contributed by atoms with E-state index >= 15 is 0 Å². The summed E-state index contributed by atoms with van der Waals surface area (Å²) in [4.78, 5) is 5.45. The van der Waals surface area contributed by atoms with Gasteiger partial charge in [0.1, 0.15) is 5.25 Å². The molecule has 0 saturated heterocycles. The van der Waals surface area contributed by atoms with Crippen LogP contribution in [0.1, 0.15) is 16.9 Å². The predicted molar refractivity (Wildman–Crippen MR) is 99.9 cm³/mol. The van der Waals surface area contributed by atoms with Gasteiger partial charge >= 0.3 is 0 Å². The lowest BCUT2D eigenvalue weighted by Gasteiger charge is -2.06. The summed E-state index contributed by atoms with van der Waals surface area (Å²) in [6.07, 6.45) is 0. The molecule has 25 heavy (non-hydrogen) atoms. The first-order valence-electron chi connectivity index (χ1n) is 7.35. The van der Waals surface area contributed by atoms with E-state index in [0.29, 0.717) is 28.1 Å². The minimum atomic E-state index is -0.466. The van der Waals surface area contributed by atoms with Crippen molar-refractivity contribution in [3.63, 3.8) is 0 Å². The van der Waals surface area contributed by atoms with E-state index in [2.05, 4.69) is 33.0 Å². The van der Waals surface area contributed by atoms with Crippen molar-refractivity contribution in [2.24, 2.45) is 7.05 Å². The van der Waals surface area contributed by atoms with Gasteiger partial charge in [-0.1, -0.05) is 35.0 Å². The van der Waals surface area contributed by atoms with Crippen molar-refractivity contribution < 1.29 is 4.52 Å². The van der Waals surface area contributed by atoms with E-state index in [1.165, 1.54) is 0 Å². The van der Waals surface area contributed by atoms with Crippen molar-refractivity contribution in [3.05, 3.63) is 58.4 Å². The lowest BCUT2D eigenvalue weighted by molar-refractivity contribution is 0.423. The molecular formula is C16H12ClN5OS2. The summed E-state index contributed by atoms with van der Waals surface area (Å²) in [6.45, 7) is 0. The van der Waals surface area contributed by atoms with Crippen molar-refractivity contribution in [2.75, 3.05) is 0 Å². The van der Waals surface area contributed by atoms with Crippen LogP contribution in [0, 0.1) is 0 Å². The molecule has 1 unspecified atom stereocenters. The Hall–Kier alpha value is -2.16. The van der Waals surface area contributed by atoms with Crippen LogP contribution in [0.5, 0.6) is 0 Å². The Morgan fingerprint density at radius 1 is 1.20 bits per heavy atom. The second-order valence-corrected chi connectivity index (χ2v) is 7.13. The predicted octanol–water partition coefficient (Wildman–Crippen LogP) is 4.27. The largest absolute Gasteiger partial charge is 0.334 e. The van der Waals surface area contributed by atoms with Crippen molar-refractivity contribution in [3.8, 4) is 22.2 Å². The zero-order valence-electron chi connectivity index (χ0n) is 13.0. The fourth-order valence-electron chi connectivity index (χ4n) is 2.41. The number of hydrogen-bond acceptors (Lipinski definition) is 7. The van der Waals surface area contributed by atoms with Gasteiger partial charge in [-0.25, -0.2) is 0 Å². The van der Waals surface area contributed by atoms with Crippen molar-refractivity contribution in [1.82, 2.24) is 24.9 Å². The van der Waals surface area contributed by atoms with Gasteiger partial charge in [0.25, 0.3) is 5.89 Å². The van der Waals surface area contributed by atoms with Crippen LogP contribution >= 0.6 is 35.6 Å². The molecule has 0 spiro atoms. The maximum atomic E-state index is 6.18. The Bertz CT molecular complexity index is 1010. The standard InChI is InChI=1S/C16H12ClN5OS2/c1-22-14(11-7-4-8-25-11)19-20-15(22)12(24)13-18-16(23-21-13)9-5-2-3-6-10(9)17/h2-8,12,24H,1H3. The van der Waals surface area contributed by atoms with E-state index in [-0.39, 0.29) is 0 Å². The number of rotatable bonds is 4. The van der Waals surface area contributed by atoms with Gasteiger partial charge in [0.15, 0.2) is 17.5 Å². The highest BCUT2D eigenvalue weighted by molar-refractivity contribution is 7.80. The Morgan fingerprint density at radius 3 is 2.80 bits per heavy atom. The van der Waals surface area contributed by atoms with E-state index in [0.717, 1.165) is 10.7 Å². The summed E-state index contributed by atoms with van der Waals surface area (Å²) >= 11 is 12.4. The van der Waals surface area contributed by atoms with Crippen molar-refractivity contribution >= 4 is 35.6 Å². The molecule has 0 radical (unpaired) electrons. The number of aromatic nitrogens is 5. The average Bonchev–Trinajstić information content (AvgIpc) is 3.35. The molecule has 1 aromatic carbocycles. The molecule has 9 heteroatoms. The number of halogens is 1. The molecule has 0 aliphatic carbocycles. The van der Waals surface area contributed by atoms with Crippen LogP contribution < -0.4 is 0 Å². The Kier molecular flexibility index (Phi) is 4.32. The molecule has 3 aromatic heterocycles. The minimum Gasteiger partial charge on any atom is -0.334 e. The number of thiophene rings is 1. The second-order valence-electron chi connectivity index (χ2n) is 5.26. The Morgan fingerprint density at radius 2 is 2.04 bits per heavy atom. The summed E-state index contributed by atoms with van der Waals surface area (Å²) in [5.41, 5.74) is 0.681. The highest BCUT2D eigenvalue weighted by atomic mass is 35.5. The molecule has 0 aliphatic rings. The summed E-state index contributed by atoms with van der Waals surface area (Å²) in [6, 6.07) is 11.3. The number of benzene rings is 1. The maximum Gasteiger partial charge on any atom is 0.259 e. The normalized spacial score (nSPS) is 12.4. The molecule has 0 N–H and O–H groups in total. The van der Waals surface area contributed by atoms with Gasteiger partial charge in [-0.15, -0.1) is 21.5 Å². The summed E-state index contributed by atoms with van der Waals surface area (Å²) in [7, 11) is 1.89. The maximum absolute atomic E-state index is 6.18. The van der Waals surface area contributed by atoms with Crippen LogP contribution in [0.2, 0.25) is 5.02 Å². The molecule has 126 valence electrons. The third-order valence-electron chi connectivity index (χ3n) is 3.69. The molecule has 0 bridgehead atoms. The molecule has 0 fully saturated rings. The van der Waals surface area contributed by atoms with Gasteiger partial charge in [-0.05, 0) is 23.6 Å². The van der Waals surface area contributed by atoms with Gasteiger partial charge in [-0.3, -0.25) is 0 Å². The molecule has 4 aromatic rings. The van der Waals surface area contributed by atoms with Crippen LogP contribution in [0.15, 0.2) is 46.3 Å². The Labute approximate surface area is 157 Å². The Balaban J connectivity index is 1.67. The second kappa shape index (κ2) is 6.62. The van der Waals surface area contributed by atoms with Crippen LogP contribution in [-0.2, 0) is 7.05 Å². The fourth-order valence-corrected chi connectivity index (χ4v) is 3.70. The molecule has 0 amide bonds. The van der Waals surface area contributed by atoms with E-state index in [9.17, 15) is 0 Å². The topological polar surface area (TPSA) is 69.6 Å². The highest BCUT2D eigenvalue weighted by Gasteiger charge is 2.24. The molecule has 6 nitrogen and oxygen atoms in total. The highest BCUT2D eigenvalue weighted by Crippen LogP contribution is 2.31. The summed E-state index contributed by atoms with van der Waals surface area (Å²) < 4.78 is 7.23. The van der Waals surface area contributed by atoms with Gasteiger partial charge in [0.05, 0.1) is 15.5 Å². The zero-order chi connectivity index (χ0) is 17.4. The monoisotopic (exact) mass is 389 g/mol. The van der Waals surface area contributed by atoms with Crippen LogP contribution in [-0.4, -0.2) is 24.9 Å². The van der Waals surface area contributed by atoms with Gasteiger partial charge in [-0.2, -0.15) is 17.6 Å². The van der Waals surface area contributed by atoms with Crippen LogP contribution in [0.3, 0.4) is 0 Å². The van der Waals surface area contributed by atoms with Gasteiger partial charge in [0, 0.05) is 7.05 Å². The van der Waals surface area contributed by atoms with E-state index in [1.54, 1.807) is 17.4 Å². The lowest BCUT2D eigenvalue weighted by atomic mass is 10.2. The van der Waals surface area contributed by atoms with Crippen molar-refractivity contribution in [2.45, 2.75) is 5.25 Å². The molecule has 0 saturated carbocycles. The van der Waals surface area contributed by atoms with Gasteiger partial charge < -0.3 is 9.09 Å². The third kappa shape index (κ3) is 2.97. The van der Waals surface area contributed by atoms with E-state index < -0.39 is 5.25 Å². The molecule has 1 atom stereocenters. The minimum absolute atomic E-state index is 0.347. The lowest BCUT2D eigenvalue weighted by Crippen LogP contribution is -2.05. The first-order chi connectivity index (χ1) is 12.1. The van der Waals surface area contributed by atoms with Gasteiger partial charge in [0.2, 0.25) is 0 Å². The number of thiol groups is 1. The summed E-state index contributed by atoms with van der Waals surface area (Å²) in [5.74, 6) is 2.17. The molecular weight excluding hydrogens is 378 g/mol. The summed E-state index contributed by atoms with van der Waals surface area (Å²) in [5, 5.41) is 14.6. The molecule has 3 heterocycles. The number of nitrogens with zero attached hydrogens (tertiary/aromatic N) is 5.